The summed E-state index contributed by atoms with van der Waals surface area (Å²) in [6, 6.07) is 4.53. The molecule has 2 aliphatic heterocycles. The van der Waals surface area contributed by atoms with Gasteiger partial charge in [-0.3, -0.25) is 4.79 Å². The summed E-state index contributed by atoms with van der Waals surface area (Å²) in [4.78, 5) is 29.6. The van der Waals surface area contributed by atoms with Gasteiger partial charge in [-0.25, -0.2) is 0 Å². The molecule has 0 unspecified atom stereocenters. The molecule has 1 aliphatic carbocycles. The summed E-state index contributed by atoms with van der Waals surface area (Å²) in [5.74, 6) is 0.521. The minimum atomic E-state index is 0.0122. The molecule has 1 aromatic rings. The lowest BCUT2D eigenvalue weighted by Gasteiger charge is -2.42. The van der Waals surface area contributed by atoms with Crippen molar-refractivity contribution in [3.8, 4) is 0 Å². The van der Waals surface area contributed by atoms with E-state index >= 15 is 0 Å². The van der Waals surface area contributed by atoms with Crippen LogP contribution in [0.5, 0.6) is 0 Å². The SMILES string of the molecule is Cc1cc(C)c(N(C(=O)C2=CCCO2)C2CCN(CCC3(CC=O)CCCCC3)CC2)c(C)c1. The maximum Gasteiger partial charge on any atom is 0.293 e. The molecule has 5 nitrogen and oxygen atoms in total. The highest BCUT2D eigenvalue weighted by atomic mass is 16.5. The average Bonchev–Trinajstić information content (AvgIpc) is 3.36. The van der Waals surface area contributed by atoms with Crippen molar-refractivity contribution in [2.75, 3.05) is 31.1 Å². The molecule has 1 saturated heterocycles. The fourth-order valence-corrected chi connectivity index (χ4v) is 6.52. The molecule has 1 aromatic carbocycles. The molecule has 186 valence electrons. The van der Waals surface area contributed by atoms with Crippen LogP contribution in [0.25, 0.3) is 0 Å². The number of anilines is 1. The molecule has 4 rings (SSSR count). The van der Waals surface area contributed by atoms with E-state index in [4.69, 9.17) is 4.74 Å². The van der Waals surface area contributed by atoms with Gasteiger partial charge in [0.1, 0.15) is 6.29 Å². The molecule has 0 aromatic heterocycles. The van der Waals surface area contributed by atoms with Gasteiger partial charge in [0.25, 0.3) is 5.91 Å². The van der Waals surface area contributed by atoms with E-state index in [9.17, 15) is 9.59 Å². The second-order valence-electron chi connectivity index (χ2n) is 10.9. The van der Waals surface area contributed by atoms with Crippen molar-refractivity contribution < 1.29 is 14.3 Å². The van der Waals surface area contributed by atoms with Crippen LogP contribution in [-0.4, -0.2) is 49.4 Å². The summed E-state index contributed by atoms with van der Waals surface area (Å²) in [6.07, 6.45) is 13.9. The number of ether oxygens (including phenoxy) is 1. The van der Waals surface area contributed by atoms with Gasteiger partial charge in [0, 0.05) is 32.0 Å². The second-order valence-corrected chi connectivity index (χ2v) is 10.9. The normalized spacial score (nSPS) is 21.1. The van der Waals surface area contributed by atoms with E-state index in [1.165, 1.54) is 37.7 Å². The van der Waals surface area contributed by atoms with Gasteiger partial charge in [-0.1, -0.05) is 37.0 Å². The fraction of sp³-hybridized carbons (Fsp3) is 0.655. The molecule has 0 spiro atoms. The van der Waals surface area contributed by atoms with Gasteiger partial charge < -0.3 is 19.3 Å². The number of hydrogen-bond acceptors (Lipinski definition) is 4. The van der Waals surface area contributed by atoms with E-state index in [1.807, 2.05) is 11.0 Å². The number of carbonyl (C=O) groups excluding carboxylic acids is 2. The Bertz CT molecular complexity index is 885. The highest BCUT2D eigenvalue weighted by Crippen LogP contribution is 2.42. The topological polar surface area (TPSA) is 49.9 Å². The van der Waals surface area contributed by atoms with E-state index in [1.54, 1.807) is 0 Å². The van der Waals surface area contributed by atoms with E-state index < -0.39 is 0 Å². The van der Waals surface area contributed by atoms with Crippen molar-refractivity contribution in [3.63, 3.8) is 0 Å². The predicted molar refractivity (Wildman–Crippen MR) is 137 cm³/mol. The van der Waals surface area contributed by atoms with E-state index in [2.05, 4.69) is 37.8 Å². The van der Waals surface area contributed by atoms with Gasteiger partial charge in [0.15, 0.2) is 5.76 Å². The number of benzene rings is 1. The monoisotopic (exact) mass is 466 g/mol. The van der Waals surface area contributed by atoms with Gasteiger partial charge in [-0.2, -0.15) is 0 Å². The fourth-order valence-electron chi connectivity index (χ4n) is 6.52. The third kappa shape index (κ3) is 5.56. The Morgan fingerprint density at radius 1 is 1.12 bits per heavy atom. The Labute approximate surface area is 205 Å². The molecular formula is C29H42N2O3. The summed E-state index contributed by atoms with van der Waals surface area (Å²) in [6.45, 7) is 10.00. The Morgan fingerprint density at radius 3 is 2.38 bits per heavy atom. The molecule has 3 aliphatic rings. The van der Waals surface area contributed by atoms with Gasteiger partial charge in [-0.05, 0) is 82.0 Å². The molecule has 5 heteroatoms. The van der Waals surface area contributed by atoms with Crippen LogP contribution in [0.3, 0.4) is 0 Å². The van der Waals surface area contributed by atoms with Crippen LogP contribution in [0.1, 0.15) is 80.9 Å². The van der Waals surface area contributed by atoms with Crippen LogP contribution in [0, 0.1) is 26.2 Å². The lowest BCUT2D eigenvalue weighted by atomic mass is 9.70. The minimum absolute atomic E-state index is 0.0122. The number of piperidine rings is 1. The molecule has 1 amide bonds. The number of amides is 1. The third-order valence-electron chi connectivity index (χ3n) is 8.32. The summed E-state index contributed by atoms with van der Waals surface area (Å²) < 4.78 is 5.70. The molecular weight excluding hydrogens is 424 g/mol. The quantitative estimate of drug-likeness (QED) is 0.465. The smallest absolute Gasteiger partial charge is 0.293 e. The lowest BCUT2D eigenvalue weighted by Crippen LogP contribution is -2.49. The number of nitrogens with zero attached hydrogens (tertiary/aromatic N) is 2. The number of hydrogen-bond donors (Lipinski definition) is 0. The van der Waals surface area contributed by atoms with Crippen LogP contribution in [0.4, 0.5) is 5.69 Å². The predicted octanol–water partition coefficient (Wildman–Crippen LogP) is 5.64. The highest BCUT2D eigenvalue weighted by Gasteiger charge is 2.36. The maximum absolute atomic E-state index is 13.6. The van der Waals surface area contributed by atoms with E-state index in [-0.39, 0.29) is 17.4 Å². The number of rotatable bonds is 8. The third-order valence-corrected chi connectivity index (χ3v) is 8.32. The van der Waals surface area contributed by atoms with Gasteiger partial charge >= 0.3 is 0 Å². The summed E-state index contributed by atoms with van der Waals surface area (Å²) in [7, 11) is 0. The molecule has 1 saturated carbocycles. The average molecular weight is 467 g/mol. The zero-order valence-corrected chi connectivity index (χ0v) is 21.4. The molecule has 0 atom stereocenters. The second kappa shape index (κ2) is 11.1. The Balaban J connectivity index is 1.46. The molecule has 2 fully saturated rings. The van der Waals surface area contributed by atoms with Crippen LogP contribution in [0.2, 0.25) is 0 Å². The zero-order valence-electron chi connectivity index (χ0n) is 21.4. The number of aryl methyl sites for hydroxylation is 3. The van der Waals surface area contributed by atoms with Gasteiger partial charge in [0.2, 0.25) is 0 Å². The van der Waals surface area contributed by atoms with Crippen molar-refractivity contribution in [1.82, 2.24) is 4.90 Å². The van der Waals surface area contributed by atoms with Gasteiger partial charge in [-0.15, -0.1) is 0 Å². The Morgan fingerprint density at radius 2 is 1.79 bits per heavy atom. The first-order valence-corrected chi connectivity index (χ1v) is 13.3. The van der Waals surface area contributed by atoms with Crippen LogP contribution >= 0.6 is 0 Å². The lowest BCUT2D eigenvalue weighted by molar-refractivity contribution is -0.118. The number of carbonyl (C=O) groups is 2. The van der Waals surface area contributed by atoms with Crippen molar-refractivity contribution in [1.29, 1.82) is 0 Å². The largest absolute Gasteiger partial charge is 0.488 e. The highest BCUT2D eigenvalue weighted by molar-refractivity contribution is 6.05. The van der Waals surface area contributed by atoms with Crippen molar-refractivity contribution in [3.05, 3.63) is 40.7 Å². The molecule has 0 N–H and O–H groups in total. The maximum atomic E-state index is 13.6. The zero-order chi connectivity index (χ0) is 24.1. The van der Waals surface area contributed by atoms with Gasteiger partial charge in [0.05, 0.1) is 12.3 Å². The van der Waals surface area contributed by atoms with Crippen LogP contribution < -0.4 is 4.90 Å². The van der Waals surface area contributed by atoms with Crippen molar-refractivity contribution in [2.45, 2.75) is 91.0 Å². The molecule has 2 heterocycles. The number of likely N-dealkylation sites (tertiary alicyclic amines) is 1. The summed E-state index contributed by atoms with van der Waals surface area (Å²) in [5.41, 5.74) is 4.81. The Kier molecular flexibility index (Phi) is 8.13. The van der Waals surface area contributed by atoms with Crippen LogP contribution in [0.15, 0.2) is 24.0 Å². The van der Waals surface area contributed by atoms with E-state index in [0.717, 1.165) is 68.4 Å². The number of aldehydes is 1. The van der Waals surface area contributed by atoms with Crippen molar-refractivity contribution >= 4 is 17.9 Å². The first-order valence-electron chi connectivity index (χ1n) is 13.3. The summed E-state index contributed by atoms with van der Waals surface area (Å²) in [5, 5.41) is 0. The molecule has 0 bridgehead atoms. The first kappa shape index (κ1) is 25.0. The Hall–Kier alpha value is -2.14. The molecule has 0 radical (unpaired) electrons. The minimum Gasteiger partial charge on any atom is -0.488 e. The first-order chi connectivity index (χ1) is 16.4. The van der Waals surface area contributed by atoms with E-state index in [0.29, 0.717) is 18.8 Å². The summed E-state index contributed by atoms with van der Waals surface area (Å²) >= 11 is 0. The molecule has 34 heavy (non-hydrogen) atoms. The van der Waals surface area contributed by atoms with Crippen molar-refractivity contribution in [2.24, 2.45) is 5.41 Å². The standard InChI is InChI=1S/C29H42N2O3/c1-22-20-23(2)27(24(3)21-22)31(28(33)26-8-7-19-34-26)25-9-15-30(16-10-25)17-13-29(14-18-32)11-5-4-6-12-29/h8,18,20-21,25H,4-7,9-17,19H2,1-3H3. The van der Waals surface area contributed by atoms with Crippen LogP contribution in [-0.2, 0) is 14.3 Å².